The van der Waals surface area contributed by atoms with E-state index in [1.165, 1.54) is 17.7 Å². The second-order valence-electron chi connectivity index (χ2n) is 6.11. The summed E-state index contributed by atoms with van der Waals surface area (Å²) in [5.41, 5.74) is -0.747. The summed E-state index contributed by atoms with van der Waals surface area (Å²) in [6.07, 6.45) is 3.66. The predicted molar refractivity (Wildman–Crippen MR) is 101 cm³/mol. The summed E-state index contributed by atoms with van der Waals surface area (Å²) in [5.74, 6) is 0.688. The Bertz CT molecular complexity index is 467. The van der Waals surface area contributed by atoms with Crippen LogP contribution in [0.2, 0.25) is 0 Å². The predicted octanol–water partition coefficient (Wildman–Crippen LogP) is 1.43. The minimum Gasteiger partial charge on any atom is -0.357 e. The quantitative estimate of drug-likeness (QED) is 0.185. The third-order valence-corrected chi connectivity index (χ3v) is 4.12. The van der Waals surface area contributed by atoms with Crippen molar-refractivity contribution in [1.82, 2.24) is 20.9 Å². The van der Waals surface area contributed by atoms with Crippen molar-refractivity contribution in [3.63, 3.8) is 0 Å². The van der Waals surface area contributed by atoms with Gasteiger partial charge in [0.25, 0.3) is 5.91 Å². The van der Waals surface area contributed by atoms with Crippen LogP contribution in [0.1, 0.15) is 46.5 Å². The van der Waals surface area contributed by atoms with Gasteiger partial charge in [-0.05, 0) is 39.5 Å². The van der Waals surface area contributed by atoms with E-state index >= 15 is 0 Å². The number of aliphatic imine (C=N–C) groups is 1. The molecule has 2 aliphatic rings. The number of hydrogen-bond donors (Lipinski definition) is 3. The molecule has 1 aliphatic carbocycles. The second-order valence-corrected chi connectivity index (χ2v) is 6.11. The summed E-state index contributed by atoms with van der Waals surface area (Å²) in [4.78, 5) is 29.9. The van der Waals surface area contributed by atoms with Crippen LogP contribution in [0.4, 0.5) is 4.79 Å². The lowest BCUT2D eigenvalue weighted by molar-refractivity contribution is -0.130. The molecular weight excluding hydrogens is 409 g/mol. The highest BCUT2D eigenvalue weighted by Gasteiger charge is 2.45. The molecule has 132 valence electrons. The monoisotopic (exact) mass is 437 g/mol. The number of rotatable bonds is 7. The van der Waals surface area contributed by atoms with Gasteiger partial charge in [0.15, 0.2) is 5.96 Å². The van der Waals surface area contributed by atoms with Crippen molar-refractivity contribution in [3.8, 4) is 0 Å². The van der Waals surface area contributed by atoms with E-state index in [0.29, 0.717) is 32.0 Å². The van der Waals surface area contributed by atoms with Gasteiger partial charge in [-0.15, -0.1) is 24.0 Å². The molecule has 1 atom stereocenters. The van der Waals surface area contributed by atoms with Crippen LogP contribution in [0.25, 0.3) is 0 Å². The van der Waals surface area contributed by atoms with Crippen molar-refractivity contribution >= 4 is 41.9 Å². The van der Waals surface area contributed by atoms with Crippen LogP contribution in [0.3, 0.4) is 0 Å². The topological polar surface area (TPSA) is 85.8 Å². The number of carbonyl (C=O) groups excluding carboxylic acids is 2. The average molecular weight is 437 g/mol. The van der Waals surface area contributed by atoms with Crippen molar-refractivity contribution in [1.29, 1.82) is 0 Å². The van der Waals surface area contributed by atoms with Crippen molar-refractivity contribution in [2.24, 2.45) is 4.99 Å². The third-order valence-electron chi connectivity index (χ3n) is 4.12. The molecule has 0 aromatic rings. The third kappa shape index (κ3) is 5.22. The minimum absolute atomic E-state index is 0. The summed E-state index contributed by atoms with van der Waals surface area (Å²) >= 11 is 0. The summed E-state index contributed by atoms with van der Waals surface area (Å²) in [7, 11) is 0. The van der Waals surface area contributed by atoms with Gasteiger partial charge in [0.05, 0.1) is 0 Å². The molecule has 7 nitrogen and oxygen atoms in total. The van der Waals surface area contributed by atoms with Gasteiger partial charge in [-0.25, -0.2) is 4.79 Å². The van der Waals surface area contributed by atoms with Crippen molar-refractivity contribution in [2.75, 3.05) is 19.6 Å². The molecule has 1 saturated heterocycles. The number of amides is 3. The lowest BCUT2D eigenvalue weighted by atomic mass is 9.99. The van der Waals surface area contributed by atoms with E-state index in [1.807, 2.05) is 13.8 Å². The minimum atomic E-state index is -0.747. The fraction of sp³-hybridized carbons (Fsp3) is 0.800. The Morgan fingerprint density at radius 2 is 2.09 bits per heavy atom. The fourth-order valence-corrected chi connectivity index (χ4v) is 2.35. The lowest BCUT2D eigenvalue weighted by Gasteiger charge is -2.19. The molecular formula is C15H28IN5O2. The molecule has 2 rings (SSSR count). The van der Waals surface area contributed by atoms with E-state index in [0.717, 1.165) is 12.5 Å². The van der Waals surface area contributed by atoms with Crippen LogP contribution in [-0.2, 0) is 4.79 Å². The Morgan fingerprint density at radius 3 is 2.61 bits per heavy atom. The van der Waals surface area contributed by atoms with E-state index in [-0.39, 0.29) is 35.9 Å². The Morgan fingerprint density at radius 1 is 1.39 bits per heavy atom. The first-order valence-electron chi connectivity index (χ1n) is 8.19. The second kappa shape index (κ2) is 8.70. The first-order valence-corrected chi connectivity index (χ1v) is 8.19. The summed E-state index contributed by atoms with van der Waals surface area (Å²) in [5, 5.41) is 9.30. The number of carbonyl (C=O) groups is 2. The van der Waals surface area contributed by atoms with E-state index in [4.69, 9.17) is 0 Å². The zero-order valence-corrected chi connectivity index (χ0v) is 16.5. The van der Waals surface area contributed by atoms with Crippen LogP contribution in [-0.4, -0.2) is 54.0 Å². The van der Waals surface area contributed by atoms with Gasteiger partial charge in [0, 0.05) is 25.7 Å². The molecule has 0 spiro atoms. The standard InChI is InChI=1S/C15H27N5O2.HI/c1-4-15(3)12(21)20(14(22)19-15)10-6-9-17-13(16-5-2)18-11-7-8-11;/h11H,4-10H2,1-3H3,(H,19,22)(H2,16,17,18);1H. The Balaban J connectivity index is 0.00000264. The van der Waals surface area contributed by atoms with Crippen LogP contribution < -0.4 is 16.0 Å². The van der Waals surface area contributed by atoms with Gasteiger partial charge < -0.3 is 16.0 Å². The number of imide groups is 1. The Kier molecular flexibility index (Phi) is 7.56. The van der Waals surface area contributed by atoms with Gasteiger partial charge in [-0.2, -0.15) is 0 Å². The number of urea groups is 1. The first kappa shape index (κ1) is 20.0. The van der Waals surface area contributed by atoms with Gasteiger partial charge >= 0.3 is 6.03 Å². The maximum Gasteiger partial charge on any atom is 0.325 e. The van der Waals surface area contributed by atoms with Crippen molar-refractivity contribution in [3.05, 3.63) is 0 Å². The number of guanidine groups is 1. The van der Waals surface area contributed by atoms with E-state index in [2.05, 4.69) is 20.9 Å². The lowest BCUT2D eigenvalue weighted by Crippen LogP contribution is -2.43. The van der Waals surface area contributed by atoms with Crippen LogP contribution in [0.15, 0.2) is 4.99 Å². The maximum atomic E-state index is 12.2. The molecule has 0 aromatic heterocycles. The van der Waals surface area contributed by atoms with Crippen molar-refractivity contribution < 1.29 is 9.59 Å². The van der Waals surface area contributed by atoms with Crippen LogP contribution in [0, 0.1) is 0 Å². The largest absolute Gasteiger partial charge is 0.357 e. The molecule has 1 saturated carbocycles. The molecule has 8 heteroatoms. The molecule has 1 unspecified atom stereocenters. The maximum absolute atomic E-state index is 12.2. The molecule has 0 aromatic carbocycles. The summed E-state index contributed by atoms with van der Waals surface area (Å²) in [6.45, 7) is 7.52. The van der Waals surface area contributed by atoms with Crippen LogP contribution >= 0.6 is 24.0 Å². The SMILES string of the molecule is CCNC(=NCCCN1C(=O)NC(C)(CC)C1=O)NC1CC1.I. The molecule has 0 bridgehead atoms. The highest BCUT2D eigenvalue weighted by Crippen LogP contribution is 2.21. The molecule has 3 amide bonds. The van der Waals surface area contributed by atoms with Crippen LogP contribution in [0.5, 0.6) is 0 Å². The number of halogens is 1. The van der Waals surface area contributed by atoms with Gasteiger partial charge in [0.1, 0.15) is 5.54 Å². The average Bonchev–Trinajstić information content (AvgIpc) is 3.26. The smallest absolute Gasteiger partial charge is 0.325 e. The van der Waals surface area contributed by atoms with E-state index in [1.54, 1.807) is 6.92 Å². The summed E-state index contributed by atoms with van der Waals surface area (Å²) in [6, 6.07) is 0.260. The fourth-order valence-electron chi connectivity index (χ4n) is 2.35. The van der Waals surface area contributed by atoms with E-state index in [9.17, 15) is 9.59 Å². The molecule has 23 heavy (non-hydrogen) atoms. The zero-order chi connectivity index (χ0) is 16.2. The molecule has 2 fully saturated rings. The molecule has 0 radical (unpaired) electrons. The first-order chi connectivity index (χ1) is 10.5. The number of hydrogen-bond acceptors (Lipinski definition) is 3. The molecule has 1 heterocycles. The highest BCUT2D eigenvalue weighted by molar-refractivity contribution is 14.0. The van der Waals surface area contributed by atoms with E-state index < -0.39 is 5.54 Å². The molecule has 3 N–H and O–H groups in total. The van der Waals surface area contributed by atoms with Gasteiger partial charge in [-0.3, -0.25) is 14.7 Å². The number of nitrogens with zero attached hydrogens (tertiary/aromatic N) is 2. The Hall–Kier alpha value is -1.06. The Labute approximate surface area is 155 Å². The van der Waals surface area contributed by atoms with Crippen molar-refractivity contribution in [2.45, 2.75) is 58.0 Å². The molecule has 1 aliphatic heterocycles. The zero-order valence-electron chi connectivity index (χ0n) is 14.1. The highest BCUT2D eigenvalue weighted by atomic mass is 127. The number of nitrogens with one attached hydrogen (secondary N) is 3. The normalized spacial score (nSPS) is 24.3. The van der Waals surface area contributed by atoms with Gasteiger partial charge in [0.2, 0.25) is 0 Å². The van der Waals surface area contributed by atoms with Gasteiger partial charge in [-0.1, -0.05) is 6.92 Å². The summed E-state index contributed by atoms with van der Waals surface area (Å²) < 4.78 is 0.